The van der Waals surface area contributed by atoms with Gasteiger partial charge < -0.3 is 16.4 Å². The van der Waals surface area contributed by atoms with E-state index in [1.807, 2.05) is 0 Å². The Bertz CT molecular complexity index is 683. The molecule has 0 amide bonds. The molecule has 0 spiro atoms. The van der Waals surface area contributed by atoms with Crippen molar-refractivity contribution in [3.8, 4) is 0 Å². The molecule has 0 unspecified atom stereocenters. The molecule has 0 bridgehead atoms. The van der Waals surface area contributed by atoms with E-state index in [1.54, 1.807) is 24.3 Å². The Hall–Kier alpha value is -2.35. The Balaban J connectivity index is 2.10. The minimum Gasteiger partial charge on any atom is -0.399 e. The van der Waals surface area contributed by atoms with Gasteiger partial charge in [0, 0.05) is 17.1 Å². The molecule has 0 heterocycles. The molecule has 0 fully saturated rings. The van der Waals surface area contributed by atoms with Gasteiger partial charge in [-0.2, -0.15) is 13.2 Å². The number of halogens is 4. The lowest BCUT2D eigenvalue weighted by Gasteiger charge is -2.13. The third kappa shape index (κ3) is 4.08. The summed E-state index contributed by atoms with van der Waals surface area (Å²) < 4.78 is 51.0. The predicted octanol–water partition coefficient (Wildman–Crippen LogP) is 4.24. The van der Waals surface area contributed by atoms with Crippen molar-refractivity contribution in [1.82, 2.24) is 0 Å². The molecule has 8 heteroatoms. The highest BCUT2D eigenvalue weighted by atomic mass is 32.1. The lowest BCUT2D eigenvalue weighted by atomic mass is 10.2. The summed E-state index contributed by atoms with van der Waals surface area (Å²) in [5, 5.41) is 5.42. The number of hydrogen-bond acceptors (Lipinski definition) is 2. The number of nitrogens with two attached hydrogens (primary N) is 1. The van der Waals surface area contributed by atoms with E-state index in [2.05, 4.69) is 10.6 Å². The van der Waals surface area contributed by atoms with Crippen molar-refractivity contribution in [3.63, 3.8) is 0 Å². The van der Waals surface area contributed by atoms with Gasteiger partial charge in [0.15, 0.2) is 5.11 Å². The predicted molar refractivity (Wildman–Crippen MR) is 82.1 cm³/mol. The molecule has 0 saturated carbocycles. The summed E-state index contributed by atoms with van der Waals surface area (Å²) in [4.78, 5) is 0. The van der Waals surface area contributed by atoms with Crippen molar-refractivity contribution in [2.75, 3.05) is 16.4 Å². The Kier molecular flexibility index (Phi) is 4.51. The second-order valence-electron chi connectivity index (χ2n) is 4.39. The van der Waals surface area contributed by atoms with E-state index in [1.165, 1.54) is 6.07 Å². The summed E-state index contributed by atoms with van der Waals surface area (Å²) in [6.45, 7) is 0. The zero-order valence-corrected chi connectivity index (χ0v) is 11.9. The quantitative estimate of drug-likeness (QED) is 0.438. The van der Waals surface area contributed by atoms with Gasteiger partial charge in [-0.3, -0.25) is 0 Å². The van der Waals surface area contributed by atoms with E-state index >= 15 is 0 Å². The van der Waals surface area contributed by atoms with Gasteiger partial charge >= 0.3 is 6.18 Å². The van der Waals surface area contributed by atoms with E-state index in [-0.39, 0.29) is 10.8 Å². The maximum atomic E-state index is 13.2. The monoisotopic (exact) mass is 329 g/mol. The second-order valence-corrected chi connectivity index (χ2v) is 4.80. The fourth-order valence-corrected chi connectivity index (χ4v) is 1.92. The Morgan fingerprint density at radius 2 is 1.50 bits per heavy atom. The average Bonchev–Trinajstić information content (AvgIpc) is 2.42. The molecule has 116 valence electrons. The van der Waals surface area contributed by atoms with Gasteiger partial charge in [-0.1, -0.05) is 0 Å². The van der Waals surface area contributed by atoms with Crippen molar-refractivity contribution in [3.05, 3.63) is 53.8 Å². The van der Waals surface area contributed by atoms with Crippen molar-refractivity contribution >= 4 is 34.4 Å². The van der Waals surface area contributed by atoms with Gasteiger partial charge in [-0.05, 0) is 54.7 Å². The molecular formula is C14H11F4N3S. The first-order valence-electron chi connectivity index (χ1n) is 6.06. The van der Waals surface area contributed by atoms with E-state index in [9.17, 15) is 17.6 Å². The topological polar surface area (TPSA) is 50.1 Å². The molecule has 0 radical (unpaired) electrons. The molecule has 2 rings (SSSR count). The van der Waals surface area contributed by atoms with Crippen LogP contribution in [-0.2, 0) is 6.18 Å². The van der Waals surface area contributed by atoms with E-state index in [4.69, 9.17) is 18.0 Å². The van der Waals surface area contributed by atoms with Crippen LogP contribution in [0.15, 0.2) is 42.5 Å². The van der Waals surface area contributed by atoms with Crippen LogP contribution in [0.1, 0.15) is 5.56 Å². The molecule has 0 aliphatic heterocycles. The van der Waals surface area contributed by atoms with Crippen LogP contribution in [0, 0.1) is 5.82 Å². The maximum Gasteiger partial charge on any atom is 0.419 e. The molecular weight excluding hydrogens is 318 g/mol. The van der Waals surface area contributed by atoms with Gasteiger partial charge in [0.25, 0.3) is 0 Å². The van der Waals surface area contributed by atoms with Crippen LogP contribution in [0.25, 0.3) is 0 Å². The lowest BCUT2D eigenvalue weighted by Crippen LogP contribution is -2.19. The van der Waals surface area contributed by atoms with E-state index in [0.717, 1.165) is 6.07 Å². The minimum absolute atomic E-state index is 0.0293. The molecule has 4 N–H and O–H groups in total. The van der Waals surface area contributed by atoms with E-state index in [0.29, 0.717) is 17.4 Å². The van der Waals surface area contributed by atoms with Crippen LogP contribution in [0.3, 0.4) is 0 Å². The summed E-state index contributed by atoms with van der Waals surface area (Å²) in [5.41, 5.74) is 5.39. The molecule has 22 heavy (non-hydrogen) atoms. The largest absolute Gasteiger partial charge is 0.419 e. The number of nitrogen functional groups attached to an aromatic ring is 1. The first-order valence-corrected chi connectivity index (χ1v) is 6.47. The van der Waals surface area contributed by atoms with Crippen LogP contribution in [-0.4, -0.2) is 5.11 Å². The maximum absolute atomic E-state index is 13.2. The number of hydrogen-bond donors (Lipinski definition) is 3. The first-order chi connectivity index (χ1) is 10.3. The minimum atomic E-state index is -4.77. The Morgan fingerprint density at radius 3 is 2.09 bits per heavy atom. The first kappa shape index (κ1) is 16.0. The lowest BCUT2D eigenvalue weighted by molar-refractivity contribution is -0.139. The van der Waals surface area contributed by atoms with E-state index < -0.39 is 17.6 Å². The van der Waals surface area contributed by atoms with Crippen LogP contribution >= 0.6 is 12.2 Å². The second kappa shape index (κ2) is 6.18. The van der Waals surface area contributed by atoms with Crippen molar-refractivity contribution in [1.29, 1.82) is 0 Å². The molecule has 3 nitrogen and oxygen atoms in total. The summed E-state index contributed by atoms with van der Waals surface area (Å²) in [6.07, 6.45) is -4.77. The average molecular weight is 329 g/mol. The van der Waals surface area contributed by atoms with Gasteiger partial charge in [0.05, 0.1) is 5.56 Å². The highest BCUT2D eigenvalue weighted by molar-refractivity contribution is 7.80. The molecule has 0 aromatic heterocycles. The summed E-state index contributed by atoms with van der Waals surface area (Å²) in [5.74, 6) is -1.34. The van der Waals surface area contributed by atoms with Crippen LogP contribution in [0.2, 0.25) is 0 Å². The standard InChI is InChI=1S/C14H11F4N3S/c15-12-6-5-10(7-11(12)14(16,17)18)21-13(22)20-9-3-1-8(19)2-4-9/h1-7H,19H2,(H2,20,21,22). The van der Waals surface area contributed by atoms with Crippen LogP contribution < -0.4 is 16.4 Å². The summed E-state index contributed by atoms with van der Waals surface area (Å²) in [7, 11) is 0. The zero-order valence-electron chi connectivity index (χ0n) is 11.0. The molecule has 0 saturated heterocycles. The fraction of sp³-hybridized carbons (Fsp3) is 0.0714. The number of benzene rings is 2. The zero-order chi connectivity index (χ0) is 16.3. The fourth-order valence-electron chi connectivity index (χ4n) is 1.68. The van der Waals surface area contributed by atoms with Crippen molar-refractivity contribution in [2.45, 2.75) is 6.18 Å². The number of nitrogens with one attached hydrogen (secondary N) is 2. The SMILES string of the molecule is Nc1ccc(NC(=S)Nc2ccc(F)c(C(F)(F)F)c2)cc1. The normalized spacial score (nSPS) is 11.1. The van der Waals surface area contributed by atoms with Gasteiger partial charge in [-0.15, -0.1) is 0 Å². The molecule has 2 aromatic rings. The number of thiocarbonyl (C=S) groups is 1. The number of rotatable bonds is 2. The molecule has 2 aromatic carbocycles. The Labute approximate surface area is 129 Å². The van der Waals surface area contributed by atoms with Crippen molar-refractivity contribution in [2.24, 2.45) is 0 Å². The van der Waals surface area contributed by atoms with Crippen LogP contribution in [0.4, 0.5) is 34.6 Å². The van der Waals surface area contributed by atoms with Gasteiger partial charge in [0.1, 0.15) is 5.82 Å². The van der Waals surface area contributed by atoms with Crippen molar-refractivity contribution < 1.29 is 17.6 Å². The molecule has 0 atom stereocenters. The number of anilines is 3. The van der Waals surface area contributed by atoms with Gasteiger partial charge in [0.2, 0.25) is 0 Å². The third-order valence-corrected chi connectivity index (χ3v) is 2.90. The summed E-state index contributed by atoms with van der Waals surface area (Å²) >= 11 is 4.99. The number of alkyl halides is 3. The highest BCUT2D eigenvalue weighted by Gasteiger charge is 2.34. The smallest absolute Gasteiger partial charge is 0.399 e. The Morgan fingerprint density at radius 1 is 0.955 bits per heavy atom. The van der Waals surface area contributed by atoms with Crippen LogP contribution in [0.5, 0.6) is 0 Å². The molecule has 0 aliphatic rings. The summed E-state index contributed by atoms with van der Waals surface area (Å²) in [6, 6.07) is 9.17. The molecule has 0 aliphatic carbocycles. The van der Waals surface area contributed by atoms with Gasteiger partial charge in [-0.25, -0.2) is 4.39 Å². The highest BCUT2D eigenvalue weighted by Crippen LogP contribution is 2.33. The third-order valence-electron chi connectivity index (χ3n) is 2.70.